The Hall–Kier alpha value is 0.210. The van der Waals surface area contributed by atoms with Gasteiger partial charge in [0.2, 0.25) is 0 Å². The van der Waals surface area contributed by atoms with E-state index in [0.717, 1.165) is 25.8 Å². The number of halogens is 2. The van der Waals surface area contributed by atoms with E-state index in [1.807, 2.05) is 0 Å². The molecule has 11 heavy (non-hydrogen) atoms. The Morgan fingerprint density at radius 3 is 2.27 bits per heavy atom. The molecule has 0 spiro atoms. The number of nitrogens with one attached hydrogen (secondary N) is 1. The third-order valence-corrected chi connectivity index (χ3v) is 1.89. The molecule has 1 aliphatic rings. The molecule has 0 aromatic carbocycles. The minimum atomic E-state index is 0. The van der Waals surface area contributed by atoms with E-state index in [2.05, 4.69) is 5.32 Å². The monoisotopic (exact) mass is 199 g/mol. The molecule has 0 atom stereocenters. The van der Waals surface area contributed by atoms with Crippen molar-refractivity contribution in [3.63, 3.8) is 0 Å². The Morgan fingerprint density at radius 2 is 1.82 bits per heavy atom. The Kier molecular flexibility index (Phi) is 10.4. The lowest BCUT2D eigenvalue weighted by Crippen LogP contribution is -2.27. The van der Waals surface area contributed by atoms with Gasteiger partial charge in [-0.1, -0.05) is 0 Å². The number of hydrogen-bond donors (Lipinski definition) is 1. The van der Waals surface area contributed by atoms with Crippen LogP contribution in [-0.2, 0) is 4.79 Å². The normalized spacial score (nSPS) is 17.8. The summed E-state index contributed by atoms with van der Waals surface area (Å²) in [5.41, 5.74) is 0. The van der Waals surface area contributed by atoms with Gasteiger partial charge in [-0.3, -0.25) is 0 Å². The average Bonchev–Trinajstić information content (AvgIpc) is 1.91. The Labute approximate surface area is 79.9 Å². The van der Waals surface area contributed by atoms with Crippen LogP contribution in [0.25, 0.3) is 0 Å². The lowest BCUT2D eigenvalue weighted by molar-refractivity contribution is -0.108. The topological polar surface area (TPSA) is 29.1 Å². The van der Waals surface area contributed by atoms with Crippen LogP contribution in [0.2, 0.25) is 0 Å². The van der Waals surface area contributed by atoms with E-state index in [-0.39, 0.29) is 24.8 Å². The summed E-state index contributed by atoms with van der Waals surface area (Å²) in [6, 6.07) is 0. The first-order valence-corrected chi connectivity index (χ1v) is 3.58. The number of piperidine rings is 1. The number of rotatable bonds is 2. The highest BCUT2D eigenvalue weighted by molar-refractivity contribution is 5.85. The van der Waals surface area contributed by atoms with Gasteiger partial charge in [0.15, 0.2) is 0 Å². The molecule has 1 N–H and O–H groups in total. The van der Waals surface area contributed by atoms with Crippen LogP contribution in [0.5, 0.6) is 0 Å². The van der Waals surface area contributed by atoms with E-state index in [4.69, 9.17) is 0 Å². The first-order chi connectivity index (χ1) is 4.43. The van der Waals surface area contributed by atoms with Crippen molar-refractivity contribution in [3.8, 4) is 0 Å². The van der Waals surface area contributed by atoms with Crippen LogP contribution < -0.4 is 5.32 Å². The fourth-order valence-corrected chi connectivity index (χ4v) is 1.25. The molecular formula is C7H15Cl2NO. The second kappa shape index (κ2) is 8.31. The van der Waals surface area contributed by atoms with E-state index < -0.39 is 0 Å². The van der Waals surface area contributed by atoms with Gasteiger partial charge in [-0.25, -0.2) is 0 Å². The Morgan fingerprint density at radius 1 is 1.27 bits per heavy atom. The van der Waals surface area contributed by atoms with E-state index in [0.29, 0.717) is 5.92 Å². The zero-order valence-corrected chi connectivity index (χ0v) is 8.05. The first-order valence-electron chi connectivity index (χ1n) is 3.58. The van der Waals surface area contributed by atoms with Gasteiger partial charge >= 0.3 is 0 Å². The summed E-state index contributed by atoms with van der Waals surface area (Å²) in [4.78, 5) is 10.1. The SMILES string of the molecule is Cl.Cl.O=CCC1CCNCC1. The second-order valence-corrected chi connectivity index (χ2v) is 2.60. The van der Waals surface area contributed by atoms with E-state index in [1.54, 1.807) is 0 Å². The van der Waals surface area contributed by atoms with Crippen molar-refractivity contribution in [1.29, 1.82) is 0 Å². The number of carbonyl (C=O) groups is 1. The van der Waals surface area contributed by atoms with Gasteiger partial charge < -0.3 is 10.1 Å². The lowest BCUT2D eigenvalue weighted by atomic mass is 9.96. The molecule has 1 fully saturated rings. The summed E-state index contributed by atoms with van der Waals surface area (Å²) in [5, 5.41) is 3.26. The van der Waals surface area contributed by atoms with Crippen LogP contribution >= 0.6 is 24.8 Å². The molecule has 1 saturated heterocycles. The highest BCUT2D eigenvalue weighted by atomic mass is 35.5. The molecule has 0 aromatic heterocycles. The maximum Gasteiger partial charge on any atom is 0.120 e. The molecule has 0 bridgehead atoms. The van der Waals surface area contributed by atoms with Gasteiger partial charge in [-0.2, -0.15) is 0 Å². The minimum absolute atomic E-state index is 0. The van der Waals surface area contributed by atoms with Crippen LogP contribution in [0, 0.1) is 5.92 Å². The summed E-state index contributed by atoms with van der Waals surface area (Å²) < 4.78 is 0. The van der Waals surface area contributed by atoms with Crippen molar-refractivity contribution in [2.45, 2.75) is 19.3 Å². The highest BCUT2D eigenvalue weighted by Crippen LogP contribution is 2.13. The van der Waals surface area contributed by atoms with Crippen LogP contribution in [0.4, 0.5) is 0 Å². The summed E-state index contributed by atoms with van der Waals surface area (Å²) in [5.74, 6) is 0.670. The highest BCUT2D eigenvalue weighted by Gasteiger charge is 2.10. The van der Waals surface area contributed by atoms with E-state index in [1.165, 1.54) is 12.8 Å². The fraction of sp³-hybridized carbons (Fsp3) is 0.857. The molecule has 2 nitrogen and oxygen atoms in total. The molecule has 68 valence electrons. The average molecular weight is 200 g/mol. The van der Waals surface area contributed by atoms with Crippen molar-refractivity contribution >= 4 is 31.1 Å². The second-order valence-electron chi connectivity index (χ2n) is 2.60. The van der Waals surface area contributed by atoms with Crippen LogP contribution in [0.1, 0.15) is 19.3 Å². The minimum Gasteiger partial charge on any atom is -0.317 e. The number of hydrogen-bond acceptors (Lipinski definition) is 2. The van der Waals surface area contributed by atoms with Crippen molar-refractivity contribution in [1.82, 2.24) is 5.32 Å². The molecule has 0 aromatic rings. The molecular weight excluding hydrogens is 185 g/mol. The first kappa shape index (κ1) is 13.8. The van der Waals surface area contributed by atoms with Gasteiger partial charge in [0.25, 0.3) is 0 Å². The van der Waals surface area contributed by atoms with E-state index >= 15 is 0 Å². The third-order valence-electron chi connectivity index (χ3n) is 1.89. The van der Waals surface area contributed by atoms with Crippen LogP contribution in [0.3, 0.4) is 0 Å². The number of aldehydes is 1. The predicted molar refractivity (Wildman–Crippen MR) is 50.8 cm³/mol. The van der Waals surface area contributed by atoms with Crippen LogP contribution in [-0.4, -0.2) is 19.4 Å². The molecule has 0 aliphatic carbocycles. The standard InChI is InChI=1S/C7H13NO.2ClH/c9-6-3-7-1-4-8-5-2-7;;/h6-8H,1-5H2;2*1H. The number of carbonyl (C=O) groups excluding carboxylic acids is 1. The van der Waals surface area contributed by atoms with Crippen molar-refractivity contribution in [3.05, 3.63) is 0 Å². The molecule has 1 rings (SSSR count). The van der Waals surface area contributed by atoms with Gasteiger partial charge in [0.05, 0.1) is 0 Å². The molecule has 4 heteroatoms. The smallest absolute Gasteiger partial charge is 0.120 e. The van der Waals surface area contributed by atoms with Crippen molar-refractivity contribution in [2.75, 3.05) is 13.1 Å². The fourth-order valence-electron chi connectivity index (χ4n) is 1.25. The molecule has 1 heterocycles. The predicted octanol–water partition coefficient (Wildman–Crippen LogP) is 1.42. The van der Waals surface area contributed by atoms with Gasteiger partial charge in [0.1, 0.15) is 6.29 Å². The lowest BCUT2D eigenvalue weighted by Gasteiger charge is -2.19. The maximum atomic E-state index is 10.1. The van der Waals surface area contributed by atoms with Crippen molar-refractivity contribution in [2.24, 2.45) is 5.92 Å². The van der Waals surface area contributed by atoms with Crippen molar-refractivity contribution < 1.29 is 4.79 Å². The van der Waals surface area contributed by atoms with Gasteiger partial charge in [-0.05, 0) is 31.8 Å². The zero-order valence-electron chi connectivity index (χ0n) is 6.41. The summed E-state index contributed by atoms with van der Waals surface area (Å²) in [6.07, 6.45) is 4.16. The molecule has 0 saturated carbocycles. The van der Waals surface area contributed by atoms with Gasteiger partial charge in [0, 0.05) is 6.42 Å². The molecule has 0 radical (unpaired) electrons. The summed E-state index contributed by atoms with van der Waals surface area (Å²) >= 11 is 0. The zero-order chi connectivity index (χ0) is 6.53. The summed E-state index contributed by atoms with van der Waals surface area (Å²) in [6.45, 7) is 2.19. The molecule has 1 aliphatic heterocycles. The van der Waals surface area contributed by atoms with E-state index in [9.17, 15) is 4.79 Å². The molecule has 0 unspecified atom stereocenters. The largest absolute Gasteiger partial charge is 0.317 e. The van der Waals surface area contributed by atoms with Crippen LogP contribution in [0.15, 0.2) is 0 Å². The Bertz CT molecular complexity index is 94.4. The molecule has 0 amide bonds. The summed E-state index contributed by atoms with van der Waals surface area (Å²) in [7, 11) is 0. The Balaban J connectivity index is 0. The third kappa shape index (κ3) is 5.48. The maximum absolute atomic E-state index is 10.1. The van der Waals surface area contributed by atoms with Gasteiger partial charge in [-0.15, -0.1) is 24.8 Å². The quantitative estimate of drug-likeness (QED) is 0.683.